The lowest BCUT2D eigenvalue weighted by Crippen LogP contribution is -2.44. The number of rotatable bonds is 6. The maximum absolute atomic E-state index is 12.6. The van der Waals surface area contributed by atoms with E-state index in [1.165, 1.54) is 31.4 Å². The molecule has 0 fully saturated rings. The number of allylic oxidation sites excluding steroid dienone is 1. The third kappa shape index (κ3) is 4.12. The van der Waals surface area contributed by atoms with Crippen LogP contribution in [-0.4, -0.2) is 42.7 Å². The van der Waals surface area contributed by atoms with Crippen molar-refractivity contribution >= 4 is 35.3 Å². The molecule has 0 radical (unpaired) electrons. The molecule has 0 saturated carbocycles. The molecule has 1 aliphatic rings. The van der Waals surface area contributed by atoms with Crippen molar-refractivity contribution in [3.8, 4) is 6.07 Å². The number of ether oxygens (including phenoxy) is 2. The van der Waals surface area contributed by atoms with Crippen LogP contribution in [0.2, 0.25) is 0 Å². The highest BCUT2D eigenvalue weighted by molar-refractivity contribution is 8.03. The molecule has 0 bridgehead atoms. The van der Waals surface area contributed by atoms with Gasteiger partial charge in [-0.25, -0.2) is 0 Å². The molecule has 0 aromatic heterocycles. The van der Waals surface area contributed by atoms with E-state index < -0.39 is 34.6 Å². The van der Waals surface area contributed by atoms with Crippen molar-refractivity contribution in [3.63, 3.8) is 0 Å². The van der Waals surface area contributed by atoms with E-state index in [9.17, 15) is 29.8 Å². The third-order valence-electron chi connectivity index (χ3n) is 4.01. The molecule has 2 rings (SSSR count). The first-order valence-corrected chi connectivity index (χ1v) is 8.80. The number of nitro groups is 1. The lowest BCUT2D eigenvalue weighted by molar-refractivity contribution is -0.385. The molecule has 146 valence electrons. The summed E-state index contributed by atoms with van der Waals surface area (Å²) in [5.41, 5.74) is -0.412. The van der Waals surface area contributed by atoms with Crippen LogP contribution in [0.5, 0.6) is 0 Å². The topological polar surface area (TPSA) is 149 Å². The largest absolute Gasteiger partial charge is 0.468 e. The number of benzene rings is 1. The highest BCUT2D eigenvalue weighted by Crippen LogP contribution is 2.43. The standard InChI is InChI=1S/C17H15N3O7S/c1-26-12(21)8-28-16-10(7-18)13(14(15(22)19-16)17(23)27-2)9-5-3-4-6-11(9)20(24)25/h3-6,13-14H,8H2,1-2H3,(H,19,22)/t13-,14+/m0/s1. The number of carbonyl (C=O) groups is 3. The van der Waals surface area contributed by atoms with Crippen LogP contribution in [0.4, 0.5) is 5.69 Å². The summed E-state index contributed by atoms with van der Waals surface area (Å²) in [6, 6.07) is 7.42. The van der Waals surface area contributed by atoms with E-state index >= 15 is 0 Å². The molecular weight excluding hydrogens is 390 g/mol. The molecule has 28 heavy (non-hydrogen) atoms. The molecule has 1 amide bonds. The first kappa shape index (κ1) is 20.9. The van der Waals surface area contributed by atoms with Gasteiger partial charge in [0.25, 0.3) is 5.69 Å². The summed E-state index contributed by atoms with van der Waals surface area (Å²) in [5.74, 6) is -5.27. The van der Waals surface area contributed by atoms with E-state index in [1.54, 1.807) is 0 Å². The lowest BCUT2D eigenvalue weighted by Gasteiger charge is -2.30. The van der Waals surface area contributed by atoms with Gasteiger partial charge in [0.1, 0.15) is 5.92 Å². The highest BCUT2D eigenvalue weighted by Gasteiger charge is 2.46. The van der Waals surface area contributed by atoms with Gasteiger partial charge in [0, 0.05) is 11.6 Å². The molecule has 0 unspecified atom stereocenters. The number of thioether (sulfide) groups is 1. The van der Waals surface area contributed by atoms with Crippen molar-refractivity contribution in [2.75, 3.05) is 20.0 Å². The second kappa shape index (κ2) is 9.01. The van der Waals surface area contributed by atoms with Gasteiger partial charge in [-0.3, -0.25) is 24.5 Å². The minimum Gasteiger partial charge on any atom is -0.468 e. The smallest absolute Gasteiger partial charge is 0.319 e. The van der Waals surface area contributed by atoms with Gasteiger partial charge in [-0.2, -0.15) is 5.26 Å². The van der Waals surface area contributed by atoms with E-state index in [0.717, 1.165) is 18.9 Å². The Balaban J connectivity index is 2.67. The normalized spacial score (nSPS) is 18.7. The van der Waals surface area contributed by atoms with Gasteiger partial charge in [0.2, 0.25) is 5.91 Å². The molecule has 10 nitrogen and oxygen atoms in total. The van der Waals surface area contributed by atoms with Gasteiger partial charge >= 0.3 is 11.9 Å². The van der Waals surface area contributed by atoms with Gasteiger partial charge in [-0.1, -0.05) is 30.0 Å². The Morgan fingerprint density at radius 1 is 1.32 bits per heavy atom. The van der Waals surface area contributed by atoms with E-state index in [4.69, 9.17) is 0 Å². The Kier molecular flexibility index (Phi) is 6.73. The molecule has 0 spiro atoms. The summed E-state index contributed by atoms with van der Waals surface area (Å²) in [5, 5.41) is 23.6. The highest BCUT2D eigenvalue weighted by atomic mass is 32.2. The minimum absolute atomic E-state index is 0.0190. The van der Waals surface area contributed by atoms with Gasteiger partial charge in [-0.15, -0.1) is 0 Å². The number of para-hydroxylation sites is 1. The first-order chi connectivity index (χ1) is 13.3. The second-order valence-electron chi connectivity index (χ2n) is 5.50. The van der Waals surface area contributed by atoms with Crippen LogP contribution in [0.1, 0.15) is 11.5 Å². The number of hydrogen-bond donors (Lipinski definition) is 1. The molecule has 1 aliphatic heterocycles. The monoisotopic (exact) mass is 405 g/mol. The van der Waals surface area contributed by atoms with E-state index in [2.05, 4.69) is 14.8 Å². The SMILES string of the molecule is COC(=O)CSC1=C(C#N)[C@H](c2ccccc2[N+](=O)[O-])[C@@H](C(=O)OC)C(=O)N1. The van der Waals surface area contributed by atoms with Crippen LogP contribution in [0.3, 0.4) is 0 Å². The van der Waals surface area contributed by atoms with Crippen LogP contribution >= 0.6 is 11.8 Å². The van der Waals surface area contributed by atoms with Crippen molar-refractivity contribution in [1.29, 1.82) is 5.26 Å². The lowest BCUT2D eigenvalue weighted by atomic mass is 9.78. The molecule has 1 aromatic rings. The number of carbonyl (C=O) groups excluding carboxylic acids is 3. The number of nitro benzene ring substituents is 1. The van der Waals surface area contributed by atoms with Crippen LogP contribution in [0.15, 0.2) is 34.9 Å². The first-order valence-electron chi connectivity index (χ1n) is 7.81. The maximum atomic E-state index is 12.6. The molecular formula is C17H15N3O7S. The Labute approximate surface area is 163 Å². The Bertz CT molecular complexity index is 906. The summed E-state index contributed by atoms with van der Waals surface area (Å²) in [4.78, 5) is 47.1. The zero-order chi connectivity index (χ0) is 20.8. The van der Waals surface area contributed by atoms with Gasteiger partial charge in [0.15, 0.2) is 0 Å². The summed E-state index contributed by atoms with van der Waals surface area (Å²) < 4.78 is 9.21. The molecule has 11 heteroatoms. The van der Waals surface area contributed by atoms with Crippen molar-refractivity contribution in [2.45, 2.75) is 5.92 Å². The summed E-state index contributed by atoms with van der Waals surface area (Å²) >= 11 is 0.829. The number of methoxy groups -OCH3 is 2. The average Bonchev–Trinajstić information content (AvgIpc) is 2.70. The summed E-state index contributed by atoms with van der Waals surface area (Å²) in [6.45, 7) is 0. The van der Waals surface area contributed by atoms with E-state index in [-0.39, 0.29) is 27.6 Å². The van der Waals surface area contributed by atoms with Crippen molar-refractivity contribution < 1.29 is 28.8 Å². The van der Waals surface area contributed by atoms with Gasteiger partial charge in [-0.05, 0) is 0 Å². The predicted molar refractivity (Wildman–Crippen MR) is 96.6 cm³/mol. The average molecular weight is 405 g/mol. The van der Waals surface area contributed by atoms with Crippen LogP contribution < -0.4 is 5.32 Å². The van der Waals surface area contributed by atoms with Crippen molar-refractivity contribution in [1.82, 2.24) is 5.32 Å². The predicted octanol–water partition coefficient (Wildman–Crippen LogP) is 1.24. The number of hydrogen-bond acceptors (Lipinski definition) is 9. The van der Waals surface area contributed by atoms with Crippen LogP contribution in [-0.2, 0) is 23.9 Å². The van der Waals surface area contributed by atoms with Crippen LogP contribution in [0, 0.1) is 27.4 Å². The van der Waals surface area contributed by atoms with Crippen molar-refractivity contribution in [2.24, 2.45) is 5.92 Å². The number of nitriles is 1. The summed E-state index contributed by atoms with van der Waals surface area (Å²) in [7, 11) is 2.26. The quantitative estimate of drug-likeness (QED) is 0.319. The van der Waals surface area contributed by atoms with Gasteiger partial charge < -0.3 is 14.8 Å². The zero-order valence-corrected chi connectivity index (χ0v) is 15.6. The number of esters is 2. The summed E-state index contributed by atoms with van der Waals surface area (Å²) in [6.07, 6.45) is 0. The van der Waals surface area contributed by atoms with E-state index in [1.807, 2.05) is 6.07 Å². The fourth-order valence-corrected chi connectivity index (χ4v) is 3.64. The Morgan fingerprint density at radius 3 is 2.57 bits per heavy atom. The molecule has 2 atom stereocenters. The van der Waals surface area contributed by atoms with Crippen molar-refractivity contribution in [3.05, 3.63) is 50.5 Å². The zero-order valence-electron chi connectivity index (χ0n) is 14.8. The molecule has 0 aliphatic carbocycles. The molecule has 1 N–H and O–H groups in total. The Morgan fingerprint density at radius 2 is 2.00 bits per heavy atom. The fourth-order valence-electron chi connectivity index (χ4n) is 2.76. The van der Waals surface area contributed by atoms with E-state index in [0.29, 0.717) is 0 Å². The minimum atomic E-state index is -1.50. The molecule has 1 heterocycles. The van der Waals surface area contributed by atoms with Crippen LogP contribution in [0.25, 0.3) is 0 Å². The number of nitrogens with one attached hydrogen (secondary N) is 1. The Hall–Kier alpha value is -3.39. The number of amides is 1. The maximum Gasteiger partial charge on any atom is 0.319 e. The molecule has 0 saturated heterocycles. The number of nitrogens with zero attached hydrogens (tertiary/aromatic N) is 2. The molecule has 1 aromatic carbocycles. The second-order valence-corrected chi connectivity index (χ2v) is 6.49. The third-order valence-corrected chi connectivity index (χ3v) is 5.00. The van der Waals surface area contributed by atoms with Gasteiger partial charge in [0.05, 0.1) is 47.5 Å². The fraction of sp³-hybridized carbons (Fsp3) is 0.294.